The van der Waals surface area contributed by atoms with E-state index in [1.807, 2.05) is 6.92 Å². The van der Waals surface area contributed by atoms with Crippen LogP contribution in [0.15, 0.2) is 11.9 Å². The summed E-state index contributed by atoms with van der Waals surface area (Å²) in [6, 6.07) is 0. The molecule has 0 unspecified atom stereocenters. The predicted octanol–water partition coefficient (Wildman–Crippen LogP) is 1.09. The van der Waals surface area contributed by atoms with Crippen molar-refractivity contribution in [1.82, 2.24) is 0 Å². The van der Waals surface area contributed by atoms with Gasteiger partial charge in [-0.1, -0.05) is 0 Å². The van der Waals surface area contributed by atoms with E-state index in [0.717, 1.165) is 0 Å². The summed E-state index contributed by atoms with van der Waals surface area (Å²) in [4.78, 5) is 0. The molecule has 0 saturated carbocycles. The van der Waals surface area contributed by atoms with Gasteiger partial charge >= 0.3 is 11.9 Å². The molecule has 0 aliphatic heterocycles. The highest BCUT2D eigenvalue weighted by Crippen LogP contribution is 2.07. The summed E-state index contributed by atoms with van der Waals surface area (Å²) in [5.41, 5.74) is 0. The summed E-state index contributed by atoms with van der Waals surface area (Å²) in [6.45, 7) is 2.36. The van der Waals surface area contributed by atoms with Crippen LogP contribution >= 0.6 is 0 Å². The van der Waals surface area contributed by atoms with Gasteiger partial charge in [-0.15, -0.1) is 0 Å². The lowest BCUT2D eigenvalue weighted by atomic mass is 10.8. The molecule has 0 amide bonds. The smallest absolute Gasteiger partial charge is 0.363 e. The number of ether oxygens (including phenoxy) is 4. The Morgan fingerprint density at radius 1 is 0.909 bits per heavy atom. The molecule has 0 heterocycles. The third-order valence-electron chi connectivity index (χ3n) is 0.998. The van der Waals surface area contributed by atoms with Gasteiger partial charge in [0.1, 0.15) is 0 Å². The molecule has 0 aromatic rings. The first-order chi connectivity index (χ1) is 5.29. The Balaban J connectivity index is 4.21. The maximum absolute atomic E-state index is 5.04. The fourth-order valence-corrected chi connectivity index (χ4v) is 0.582. The van der Waals surface area contributed by atoms with Crippen molar-refractivity contribution in [3.05, 3.63) is 11.9 Å². The molecule has 0 N–H and O–H groups in total. The monoisotopic (exact) mass is 162 g/mol. The van der Waals surface area contributed by atoms with Gasteiger partial charge in [-0.05, 0) is 6.92 Å². The van der Waals surface area contributed by atoms with Gasteiger partial charge in [0, 0.05) is 0 Å². The van der Waals surface area contributed by atoms with Gasteiger partial charge in [0.05, 0.1) is 27.9 Å². The first kappa shape index (κ1) is 9.94. The van der Waals surface area contributed by atoms with Crippen LogP contribution in [0.2, 0.25) is 0 Å². The minimum atomic E-state index is 0.245. The lowest BCUT2D eigenvalue weighted by Gasteiger charge is -2.10. The second-order valence-electron chi connectivity index (χ2n) is 1.62. The molecule has 4 heteroatoms. The minimum Gasteiger partial charge on any atom is -0.464 e. The molecule has 4 nitrogen and oxygen atoms in total. The van der Waals surface area contributed by atoms with E-state index in [1.165, 1.54) is 21.3 Å². The van der Waals surface area contributed by atoms with Crippen molar-refractivity contribution in [2.45, 2.75) is 6.92 Å². The Kier molecular flexibility index (Phi) is 5.15. The van der Waals surface area contributed by atoms with Gasteiger partial charge < -0.3 is 18.9 Å². The molecule has 66 valence electrons. The van der Waals surface area contributed by atoms with Crippen molar-refractivity contribution in [3.63, 3.8) is 0 Å². The molecule has 0 radical (unpaired) electrons. The van der Waals surface area contributed by atoms with E-state index < -0.39 is 0 Å². The molecule has 11 heavy (non-hydrogen) atoms. The third-order valence-corrected chi connectivity index (χ3v) is 0.998. The molecule has 0 atom stereocenters. The fraction of sp³-hybridized carbons (Fsp3) is 0.714. The first-order valence-corrected chi connectivity index (χ1v) is 3.29. The van der Waals surface area contributed by atoms with Gasteiger partial charge in [-0.3, -0.25) is 0 Å². The van der Waals surface area contributed by atoms with E-state index in [4.69, 9.17) is 18.9 Å². The number of hydrogen-bond acceptors (Lipinski definition) is 4. The van der Waals surface area contributed by atoms with Gasteiger partial charge in [-0.25, -0.2) is 0 Å². The van der Waals surface area contributed by atoms with Crippen LogP contribution in [0.1, 0.15) is 6.92 Å². The highest BCUT2D eigenvalue weighted by molar-refractivity contribution is 4.84. The zero-order chi connectivity index (χ0) is 8.69. The van der Waals surface area contributed by atoms with Crippen molar-refractivity contribution in [2.75, 3.05) is 27.9 Å². The third kappa shape index (κ3) is 3.02. The number of methoxy groups -OCH3 is 3. The Bertz CT molecular complexity index is 124. The highest BCUT2D eigenvalue weighted by atomic mass is 16.7. The Morgan fingerprint density at radius 2 is 1.36 bits per heavy atom. The van der Waals surface area contributed by atoms with E-state index in [9.17, 15) is 0 Å². The van der Waals surface area contributed by atoms with Crippen molar-refractivity contribution in [1.29, 1.82) is 0 Å². The first-order valence-electron chi connectivity index (χ1n) is 3.29. The predicted molar refractivity (Wildman–Crippen MR) is 39.7 cm³/mol. The molecule has 0 rings (SSSR count). The number of hydrogen-bond donors (Lipinski definition) is 0. The molecule has 0 aliphatic rings. The largest absolute Gasteiger partial charge is 0.464 e. The lowest BCUT2D eigenvalue weighted by Crippen LogP contribution is -2.03. The molecule has 0 aromatic carbocycles. The molecule has 0 saturated heterocycles. The van der Waals surface area contributed by atoms with E-state index >= 15 is 0 Å². The van der Waals surface area contributed by atoms with Gasteiger partial charge in [-0.2, -0.15) is 0 Å². The SMILES string of the molecule is CCOC(OC)=C(OC)OC. The van der Waals surface area contributed by atoms with Crippen LogP contribution in [0.25, 0.3) is 0 Å². The molecule has 0 bridgehead atoms. The van der Waals surface area contributed by atoms with E-state index in [-0.39, 0.29) is 11.9 Å². The van der Waals surface area contributed by atoms with E-state index in [2.05, 4.69) is 0 Å². The average Bonchev–Trinajstić information content (AvgIpc) is 2.05. The van der Waals surface area contributed by atoms with Crippen molar-refractivity contribution >= 4 is 0 Å². The highest BCUT2D eigenvalue weighted by Gasteiger charge is 2.08. The fourth-order valence-electron chi connectivity index (χ4n) is 0.582. The second kappa shape index (κ2) is 5.70. The molecule has 0 fully saturated rings. The van der Waals surface area contributed by atoms with Crippen molar-refractivity contribution in [2.24, 2.45) is 0 Å². The molecular weight excluding hydrogens is 148 g/mol. The lowest BCUT2D eigenvalue weighted by molar-refractivity contribution is -0.00506. The van der Waals surface area contributed by atoms with Crippen LogP contribution in [0, 0.1) is 0 Å². The molecule has 0 aromatic heterocycles. The van der Waals surface area contributed by atoms with Gasteiger partial charge in [0.2, 0.25) is 0 Å². The summed E-state index contributed by atoms with van der Waals surface area (Å²) in [6.07, 6.45) is 0. The van der Waals surface area contributed by atoms with Crippen LogP contribution in [-0.2, 0) is 18.9 Å². The topological polar surface area (TPSA) is 36.9 Å². The summed E-state index contributed by atoms with van der Waals surface area (Å²) in [5.74, 6) is 0.506. The minimum absolute atomic E-state index is 0.245. The van der Waals surface area contributed by atoms with Crippen LogP contribution < -0.4 is 0 Å². The Labute approximate surface area is 66.7 Å². The summed E-state index contributed by atoms with van der Waals surface area (Å²) >= 11 is 0. The summed E-state index contributed by atoms with van der Waals surface area (Å²) in [5, 5.41) is 0. The second-order valence-corrected chi connectivity index (χ2v) is 1.62. The van der Waals surface area contributed by atoms with Gasteiger partial charge in [0.25, 0.3) is 0 Å². The normalized spacial score (nSPS) is 8.36. The van der Waals surface area contributed by atoms with E-state index in [0.29, 0.717) is 6.61 Å². The van der Waals surface area contributed by atoms with Crippen LogP contribution in [0.3, 0.4) is 0 Å². The maximum Gasteiger partial charge on any atom is 0.363 e. The van der Waals surface area contributed by atoms with Crippen molar-refractivity contribution in [3.8, 4) is 0 Å². The standard InChI is InChI=1S/C7H14O4/c1-5-11-7(10-4)6(8-2)9-3/h5H2,1-4H3. The van der Waals surface area contributed by atoms with Crippen LogP contribution in [0.5, 0.6) is 0 Å². The average molecular weight is 162 g/mol. The summed E-state index contributed by atoms with van der Waals surface area (Å²) < 4.78 is 19.5. The molecular formula is C7H14O4. The Morgan fingerprint density at radius 3 is 1.64 bits per heavy atom. The van der Waals surface area contributed by atoms with Crippen LogP contribution in [-0.4, -0.2) is 27.9 Å². The number of rotatable bonds is 5. The van der Waals surface area contributed by atoms with Crippen molar-refractivity contribution < 1.29 is 18.9 Å². The molecule has 0 aliphatic carbocycles. The maximum atomic E-state index is 5.04. The van der Waals surface area contributed by atoms with Crippen LogP contribution in [0.4, 0.5) is 0 Å². The van der Waals surface area contributed by atoms with Gasteiger partial charge in [0.15, 0.2) is 0 Å². The zero-order valence-electron chi connectivity index (χ0n) is 7.34. The Hall–Kier alpha value is -1.06. The zero-order valence-corrected chi connectivity index (χ0v) is 7.34. The quantitative estimate of drug-likeness (QED) is 0.567. The van der Waals surface area contributed by atoms with E-state index in [1.54, 1.807) is 0 Å². The molecule has 0 spiro atoms. The summed E-state index contributed by atoms with van der Waals surface area (Å²) in [7, 11) is 4.46.